The van der Waals surface area contributed by atoms with E-state index in [0.717, 1.165) is 41.9 Å². The number of hydrogen-bond donors (Lipinski definition) is 0. The van der Waals surface area contributed by atoms with Gasteiger partial charge in [0, 0.05) is 18.3 Å². The fraction of sp³-hybridized carbons (Fsp3) is 0.250. The van der Waals surface area contributed by atoms with E-state index in [-0.39, 0.29) is 5.91 Å². The summed E-state index contributed by atoms with van der Waals surface area (Å²) in [7, 11) is 0. The molecule has 0 saturated carbocycles. The van der Waals surface area contributed by atoms with Gasteiger partial charge in [-0.05, 0) is 44.0 Å². The molecule has 2 heterocycles. The zero-order valence-corrected chi connectivity index (χ0v) is 11.0. The lowest BCUT2D eigenvalue weighted by molar-refractivity contribution is 0.0985. The second-order valence-electron chi connectivity index (χ2n) is 4.90. The van der Waals surface area contributed by atoms with Crippen LogP contribution in [0.3, 0.4) is 0 Å². The summed E-state index contributed by atoms with van der Waals surface area (Å²) >= 11 is 0. The smallest absolute Gasteiger partial charge is 0.258 e. The predicted molar refractivity (Wildman–Crippen MR) is 75.4 cm³/mol. The van der Waals surface area contributed by atoms with Gasteiger partial charge in [-0.25, -0.2) is 0 Å². The average Bonchev–Trinajstić information content (AvgIpc) is 2.47. The molecule has 2 aromatic rings. The van der Waals surface area contributed by atoms with Crippen molar-refractivity contribution in [2.75, 3.05) is 11.4 Å². The molecule has 1 aliphatic rings. The maximum absolute atomic E-state index is 12.6. The van der Waals surface area contributed by atoms with Crippen LogP contribution < -0.4 is 4.90 Å². The van der Waals surface area contributed by atoms with Gasteiger partial charge in [0.1, 0.15) is 0 Å². The zero-order valence-electron chi connectivity index (χ0n) is 11.0. The highest BCUT2D eigenvalue weighted by Crippen LogP contribution is 2.26. The Morgan fingerprint density at radius 3 is 2.79 bits per heavy atom. The first-order valence-electron chi connectivity index (χ1n) is 6.58. The summed E-state index contributed by atoms with van der Waals surface area (Å²) in [6, 6.07) is 11.6. The molecule has 0 fully saturated rings. The van der Waals surface area contributed by atoms with E-state index in [4.69, 9.17) is 0 Å². The van der Waals surface area contributed by atoms with E-state index < -0.39 is 0 Å². The molecule has 1 amide bonds. The second kappa shape index (κ2) is 4.84. The predicted octanol–water partition coefficient (Wildman–Crippen LogP) is 2.98. The lowest BCUT2D eigenvalue weighted by atomic mass is 10.1. The van der Waals surface area contributed by atoms with Crippen molar-refractivity contribution in [2.45, 2.75) is 19.8 Å². The van der Waals surface area contributed by atoms with Gasteiger partial charge in [-0.2, -0.15) is 0 Å². The van der Waals surface area contributed by atoms with Crippen LogP contribution in [-0.4, -0.2) is 17.4 Å². The molecule has 0 aliphatic carbocycles. The summed E-state index contributed by atoms with van der Waals surface area (Å²) in [6.07, 6.45) is 3.72. The number of nitrogens with zero attached hydrogens (tertiary/aromatic N) is 2. The van der Waals surface area contributed by atoms with Crippen molar-refractivity contribution in [2.24, 2.45) is 0 Å². The van der Waals surface area contributed by atoms with Crippen molar-refractivity contribution < 1.29 is 4.79 Å². The van der Waals surface area contributed by atoms with Crippen LogP contribution in [0.2, 0.25) is 0 Å². The molecule has 3 heteroatoms. The monoisotopic (exact) mass is 252 g/mol. The molecule has 0 saturated heterocycles. The Bertz CT molecular complexity index is 604. The summed E-state index contributed by atoms with van der Waals surface area (Å²) in [5.74, 6) is 0.0638. The summed E-state index contributed by atoms with van der Waals surface area (Å²) < 4.78 is 0. The highest BCUT2D eigenvalue weighted by Gasteiger charge is 2.23. The zero-order chi connectivity index (χ0) is 13.2. The summed E-state index contributed by atoms with van der Waals surface area (Å²) in [6.45, 7) is 2.79. The molecular formula is C16H16N2O. The van der Waals surface area contributed by atoms with Crippen LogP contribution >= 0.6 is 0 Å². The fourth-order valence-corrected chi connectivity index (χ4v) is 2.46. The Hall–Kier alpha value is -2.16. The topological polar surface area (TPSA) is 33.2 Å². The van der Waals surface area contributed by atoms with Crippen LogP contribution in [0.15, 0.2) is 42.6 Å². The van der Waals surface area contributed by atoms with Crippen molar-refractivity contribution in [3.8, 4) is 0 Å². The van der Waals surface area contributed by atoms with Gasteiger partial charge >= 0.3 is 0 Å². The lowest BCUT2D eigenvalue weighted by Gasteiger charge is -2.28. The number of hydrogen-bond acceptors (Lipinski definition) is 2. The van der Waals surface area contributed by atoms with Crippen molar-refractivity contribution >= 4 is 11.6 Å². The first-order chi connectivity index (χ1) is 9.25. The largest absolute Gasteiger partial charge is 0.307 e. The summed E-state index contributed by atoms with van der Waals surface area (Å²) in [5, 5.41) is 0. The Balaban J connectivity index is 1.95. The third-order valence-electron chi connectivity index (χ3n) is 3.50. The van der Waals surface area contributed by atoms with Gasteiger partial charge in [0.25, 0.3) is 5.91 Å². The Morgan fingerprint density at radius 2 is 2.00 bits per heavy atom. The fourth-order valence-electron chi connectivity index (χ4n) is 2.46. The molecule has 19 heavy (non-hydrogen) atoms. The molecule has 0 N–H and O–H groups in total. The Morgan fingerprint density at radius 1 is 1.21 bits per heavy atom. The number of anilines is 1. The number of aromatic nitrogens is 1. The van der Waals surface area contributed by atoms with Crippen LogP contribution in [0.25, 0.3) is 0 Å². The van der Waals surface area contributed by atoms with E-state index in [1.165, 1.54) is 0 Å². The third-order valence-corrected chi connectivity index (χ3v) is 3.50. The first kappa shape index (κ1) is 11.9. The molecule has 1 aromatic heterocycles. The SMILES string of the molecule is Cc1ccc(C(=O)N2CCCc3ncccc32)cc1. The van der Waals surface area contributed by atoms with Crippen molar-refractivity contribution in [3.63, 3.8) is 0 Å². The lowest BCUT2D eigenvalue weighted by Crippen LogP contribution is -2.35. The standard InChI is InChI=1S/C16H16N2O/c1-12-6-8-13(9-7-12)16(19)18-11-3-4-14-15(18)5-2-10-17-14/h2,5-10H,3-4,11H2,1H3. The molecule has 0 radical (unpaired) electrons. The van der Waals surface area contributed by atoms with Crippen LogP contribution in [0, 0.1) is 6.92 Å². The Labute approximate surface area is 112 Å². The number of amides is 1. The average molecular weight is 252 g/mol. The van der Waals surface area contributed by atoms with Gasteiger partial charge in [-0.1, -0.05) is 17.7 Å². The van der Waals surface area contributed by atoms with Gasteiger partial charge in [-0.15, -0.1) is 0 Å². The third kappa shape index (κ3) is 2.24. The molecule has 0 bridgehead atoms. The summed E-state index contributed by atoms with van der Waals surface area (Å²) in [5.41, 5.74) is 3.88. The van der Waals surface area contributed by atoms with Gasteiger partial charge in [0.2, 0.25) is 0 Å². The van der Waals surface area contributed by atoms with E-state index in [9.17, 15) is 4.79 Å². The highest BCUT2D eigenvalue weighted by molar-refractivity contribution is 6.06. The minimum Gasteiger partial charge on any atom is -0.307 e. The van der Waals surface area contributed by atoms with Gasteiger partial charge in [0.15, 0.2) is 0 Å². The van der Waals surface area contributed by atoms with E-state index >= 15 is 0 Å². The first-order valence-corrected chi connectivity index (χ1v) is 6.58. The molecule has 3 rings (SSSR count). The minimum absolute atomic E-state index is 0.0638. The van der Waals surface area contributed by atoms with Crippen molar-refractivity contribution in [1.82, 2.24) is 4.98 Å². The van der Waals surface area contributed by atoms with E-state index in [2.05, 4.69) is 4.98 Å². The van der Waals surface area contributed by atoms with Crippen LogP contribution in [-0.2, 0) is 6.42 Å². The normalized spacial score (nSPS) is 14.1. The van der Waals surface area contributed by atoms with Crippen LogP contribution in [0.4, 0.5) is 5.69 Å². The van der Waals surface area contributed by atoms with Crippen LogP contribution in [0.5, 0.6) is 0 Å². The number of aryl methyl sites for hydroxylation is 2. The minimum atomic E-state index is 0.0638. The molecule has 1 aliphatic heterocycles. The molecular weight excluding hydrogens is 236 g/mol. The van der Waals surface area contributed by atoms with E-state index in [1.807, 2.05) is 48.2 Å². The maximum Gasteiger partial charge on any atom is 0.258 e. The number of fused-ring (bicyclic) bond motifs is 1. The van der Waals surface area contributed by atoms with Gasteiger partial charge < -0.3 is 4.90 Å². The molecule has 1 aromatic carbocycles. The molecule has 0 atom stereocenters. The molecule has 3 nitrogen and oxygen atoms in total. The van der Waals surface area contributed by atoms with E-state index in [1.54, 1.807) is 6.20 Å². The highest BCUT2D eigenvalue weighted by atomic mass is 16.2. The summed E-state index contributed by atoms with van der Waals surface area (Å²) in [4.78, 5) is 18.8. The number of pyridine rings is 1. The molecule has 96 valence electrons. The maximum atomic E-state index is 12.6. The molecule has 0 unspecified atom stereocenters. The van der Waals surface area contributed by atoms with Gasteiger partial charge in [0.05, 0.1) is 11.4 Å². The van der Waals surface area contributed by atoms with Crippen molar-refractivity contribution in [1.29, 1.82) is 0 Å². The second-order valence-corrected chi connectivity index (χ2v) is 4.90. The number of rotatable bonds is 1. The van der Waals surface area contributed by atoms with E-state index in [0.29, 0.717) is 0 Å². The van der Waals surface area contributed by atoms with Crippen LogP contribution in [0.1, 0.15) is 28.0 Å². The van der Waals surface area contributed by atoms with Crippen molar-refractivity contribution in [3.05, 3.63) is 59.4 Å². The number of benzene rings is 1. The number of carbonyl (C=O) groups excluding carboxylic acids is 1. The Kier molecular flexibility index (Phi) is 3.03. The quantitative estimate of drug-likeness (QED) is 0.781. The molecule has 0 spiro atoms. The van der Waals surface area contributed by atoms with Gasteiger partial charge in [-0.3, -0.25) is 9.78 Å². The number of carbonyl (C=O) groups is 1.